The van der Waals surface area contributed by atoms with Gasteiger partial charge in [-0.3, -0.25) is 9.36 Å². The fourth-order valence-corrected chi connectivity index (χ4v) is 3.77. The molecule has 3 aromatic rings. The first-order valence-electron chi connectivity index (χ1n) is 8.66. The Balaban J connectivity index is 2.02. The van der Waals surface area contributed by atoms with Crippen LogP contribution in [-0.2, 0) is 4.79 Å². The van der Waals surface area contributed by atoms with Gasteiger partial charge in [0.15, 0.2) is 11.0 Å². The number of thioether (sulfide) groups is 1. The lowest BCUT2D eigenvalue weighted by molar-refractivity contribution is -0.116. The van der Waals surface area contributed by atoms with Crippen molar-refractivity contribution in [2.45, 2.75) is 25.4 Å². The molecule has 0 bridgehead atoms. The zero-order valence-corrected chi connectivity index (χ0v) is 16.8. The number of carbonyl (C=O) groups is 1. The highest BCUT2D eigenvalue weighted by Crippen LogP contribution is 2.32. The van der Waals surface area contributed by atoms with Gasteiger partial charge in [-0.25, -0.2) is 0 Å². The molecule has 0 aliphatic rings. The van der Waals surface area contributed by atoms with Crippen LogP contribution in [0.25, 0.3) is 17.1 Å². The Morgan fingerprint density at radius 1 is 1.15 bits per heavy atom. The van der Waals surface area contributed by atoms with E-state index >= 15 is 0 Å². The van der Waals surface area contributed by atoms with E-state index in [9.17, 15) is 4.79 Å². The fraction of sp³-hybridized carbons (Fsp3) is 0.250. The van der Waals surface area contributed by atoms with E-state index in [1.54, 1.807) is 6.92 Å². The van der Waals surface area contributed by atoms with Crippen molar-refractivity contribution in [1.82, 2.24) is 14.8 Å². The number of ketones is 1. The lowest BCUT2D eigenvalue weighted by atomic mass is 10.2. The van der Waals surface area contributed by atoms with Crippen molar-refractivity contribution in [2.75, 3.05) is 12.4 Å². The summed E-state index contributed by atoms with van der Waals surface area (Å²) in [5, 5.41) is 10.0. The molecule has 1 heterocycles. The van der Waals surface area contributed by atoms with E-state index in [1.807, 2.05) is 60.0 Å². The quantitative estimate of drug-likeness (QED) is 0.494. The molecule has 0 amide bonds. The summed E-state index contributed by atoms with van der Waals surface area (Å²) in [6, 6.07) is 15.3. The van der Waals surface area contributed by atoms with Gasteiger partial charge in [0.1, 0.15) is 11.5 Å². The van der Waals surface area contributed by atoms with E-state index in [0.29, 0.717) is 29.6 Å². The van der Waals surface area contributed by atoms with E-state index in [2.05, 4.69) is 10.2 Å². The third-order valence-electron chi connectivity index (χ3n) is 3.84. The molecular weight excluding hydrogens is 382 g/mol. The second-order valence-electron chi connectivity index (χ2n) is 5.85. The SMILES string of the molecule is CCOc1ccc(-n2c(SCCC(C)=O)nnc2-c2ccccc2Cl)cc1. The zero-order valence-electron chi connectivity index (χ0n) is 15.2. The van der Waals surface area contributed by atoms with Crippen LogP contribution < -0.4 is 4.74 Å². The van der Waals surface area contributed by atoms with Crippen LogP contribution in [-0.4, -0.2) is 32.9 Å². The largest absolute Gasteiger partial charge is 0.494 e. The van der Waals surface area contributed by atoms with Crippen LogP contribution in [0, 0.1) is 0 Å². The van der Waals surface area contributed by atoms with E-state index in [0.717, 1.165) is 22.2 Å². The number of halogens is 1. The van der Waals surface area contributed by atoms with Gasteiger partial charge in [-0.05, 0) is 50.2 Å². The average molecular weight is 402 g/mol. The molecule has 7 heteroatoms. The highest BCUT2D eigenvalue weighted by molar-refractivity contribution is 7.99. The smallest absolute Gasteiger partial charge is 0.196 e. The number of carbonyl (C=O) groups excluding carboxylic acids is 1. The Hall–Kier alpha value is -2.31. The third kappa shape index (κ3) is 4.70. The normalized spacial score (nSPS) is 10.8. The minimum atomic E-state index is 0.154. The number of rotatable bonds is 8. The third-order valence-corrected chi connectivity index (χ3v) is 5.10. The number of hydrogen-bond donors (Lipinski definition) is 0. The van der Waals surface area contributed by atoms with Crippen molar-refractivity contribution in [1.29, 1.82) is 0 Å². The molecule has 5 nitrogen and oxygen atoms in total. The highest BCUT2D eigenvalue weighted by Gasteiger charge is 2.18. The van der Waals surface area contributed by atoms with E-state index in [1.165, 1.54) is 11.8 Å². The predicted molar refractivity (Wildman–Crippen MR) is 109 cm³/mol. The molecule has 0 aliphatic heterocycles. The van der Waals surface area contributed by atoms with E-state index < -0.39 is 0 Å². The highest BCUT2D eigenvalue weighted by atomic mass is 35.5. The van der Waals surface area contributed by atoms with Crippen molar-refractivity contribution in [3.63, 3.8) is 0 Å². The van der Waals surface area contributed by atoms with Gasteiger partial charge in [0.05, 0.1) is 11.6 Å². The molecule has 0 radical (unpaired) electrons. The topological polar surface area (TPSA) is 57.0 Å². The second kappa shape index (κ2) is 9.06. The van der Waals surface area contributed by atoms with E-state index in [4.69, 9.17) is 16.3 Å². The molecule has 2 aromatic carbocycles. The second-order valence-corrected chi connectivity index (χ2v) is 7.32. The molecule has 0 atom stereocenters. The van der Waals surface area contributed by atoms with Crippen LogP contribution in [0.5, 0.6) is 5.75 Å². The van der Waals surface area contributed by atoms with Crippen LogP contribution >= 0.6 is 23.4 Å². The van der Waals surface area contributed by atoms with Crippen LogP contribution in [0.1, 0.15) is 20.3 Å². The van der Waals surface area contributed by atoms with Crippen molar-refractivity contribution in [3.05, 3.63) is 53.6 Å². The van der Waals surface area contributed by atoms with Crippen LogP contribution in [0.15, 0.2) is 53.7 Å². The summed E-state index contributed by atoms with van der Waals surface area (Å²) in [6.07, 6.45) is 0.488. The number of Topliss-reactive ketones (excluding diaryl/α,β-unsaturated/α-hetero) is 1. The standard InChI is InChI=1S/C20H20ClN3O2S/c1-3-26-16-10-8-15(9-11-16)24-19(17-6-4-5-7-18(17)21)22-23-20(24)27-13-12-14(2)25/h4-11H,3,12-13H2,1-2H3. The zero-order chi connectivity index (χ0) is 19.2. The van der Waals surface area contributed by atoms with Crippen molar-refractivity contribution in [3.8, 4) is 22.8 Å². The van der Waals surface area contributed by atoms with Gasteiger partial charge >= 0.3 is 0 Å². The number of aromatic nitrogens is 3. The number of nitrogens with zero attached hydrogens (tertiary/aromatic N) is 3. The number of benzene rings is 2. The monoisotopic (exact) mass is 401 g/mol. The first kappa shape index (κ1) is 19.5. The van der Waals surface area contributed by atoms with Gasteiger partial charge in [-0.2, -0.15) is 0 Å². The van der Waals surface area contributed by atoms with Gasteiger partial charge in [0.25, 0.3) is 0 Å². The Kier molecular flexibility index (Phi) is 6.53. The molecule has 0 N–H and O–H groups in total. The van der Waals surface area contributed by atoms with Gasteiger partial charge in [0.2, 0.25) is 0 Å². The molecule has 140 valence electrons. The van der Waals surface area contributed by atoms with E-state index in [-0.39, 0.29) is 5.78 Å². The van der Waals surface area contributed by atoms with Crippen molar-refractivity contribution in [2.24, 2.45) is 0 Å². The molecule has 0 spiro atoms. The van der Waals surface area contributed by atoms with Crippen LogP contribution in [0.2, 0.25) is 5.02 Å². The fourth-order valence-electron chi connectivity index (χ4n) is 2.56. The summed E-state index contributed by atoms with van der Waals surface area (Å²) in [5.74, 6) is 2.27. The Labute approximate surface area is 167 Å². The lowest BCUT2D eigenvalue weighted by Gasteiger charge is -2.12. The molecule has 0 saturated carbocycles. The summed E-state index contributed by atoms with van der Waals surface area (Å²) in [7, 11) is 0. The molecule has 27 heavy (non-hydrogen) atoms. The summed E-state index contributed by atoms with van der Waals surface area (Å²) >= 11 is 7.89. The Morgan fingerprint density at radius 3 is 2.56 bits per heavy atom. The molecule has 0 saturated heterocycles. The van der Waals surface area contributed by atoms with Crippen molar-refractivity contribution >= 4 is 29.1 Å². The van der Waals surface area contributed by atoms with Gasteiger partial charge in [0, 0.05) is 23.4 Å². The van der Waals surface area contributed by atoms with Gasteiger partial charge in [-0.15, -0.1) is 10.2 Å². The maximum Gasteiger partial charge on any atom is 0.196 e. The van der Waals surface area contributed by atoms with Crippen molar-refractivity contribution < 1.29 is 9.53 Å². The molecule has 0 aliphatic carbocycles. The lowest BCUT2D eigenvalue weighted by Crippen LogP contribution is -2.01. The number of hydrogen-bond acceptors (Lipinski definition) is 5. The average Bonchev–Trinajstić information content (AvgIpc) is 3.06. The Bertz CT molecular complexity index is 925. The molecule has 1 aromatic heterocycles. The maximum atomic E-state index is 11.3. The van der Waals surface area contributed by atoms with Gasteiger partial charge in [-0.1, -0.05) is 35.5 Å². The number of ether oxygens (including phenoxy) is 1. The maximum absolute atomic E-state index is 11.3. The summed E-state index contributed by atoms with van der Waals surface area (Å²) in [4.78, 5) is 11.3. The first-order valence-corrected chi connectivity index (χ1v) is 10.0. The summed E-state index contributed by atoms with van der Waals surface area (Å²) in [6.45, 7) is 4.16. The first-order chi connectivity index (χ1) is 13.1. The minimum Gasteiger partial charge on any atom is -0.494 e. The van der Waals surface area contributed by atoms with Crippen LogP contribution in [0.4, 0.5) is 0 Å². The minimum absolute atomic E-state index is 0.154. The summed E-state index contributed by atoms with van der Waals surface area (Å²) in [5.41, 5.74) is 1.71. The van der Waals surface area contributed by atoms with Crippen LogP contribution in [0.3, 0.4) is 0 Å². The Morgan fingerprint density at radius 2 is 1.89 bits per heavy atom. The molecule has 0 fully saturated rings. The molecule has 3 rings (SSSR count). The molecular formula is C20H20ClN3O2S. The predicted octanol–water partition coefficient (Wildman–Crippen LogP) is 5.06. The summed E-state index contributed by atoms with van der Waals surface area (Å²) < 4.78 is 7.49. The van der Waals surface area contributed by atoms with Gasteiger partial charge < -0.3 is 4.74 Å². The molecule has 0 unspecified atom stereocenters.